The minimum atomic E-state index is -0.304. The lowest BCUT2D eigenvalue weighted by Crippen LogP contribution is -2.32. The van der Waals surface area contributed by atoms with Gasteiger partial charge in [0.15, 0.2) is 6.10 Å². The van der Waals surface area contributed by atoms with E-state index in [0.29, 0.717) is 0 Å². The molecular weight excluding hydrogens is 188 g/mol. The average Bonchev–Trinajstić information content (AvgIpc) is 2.55. The second-order valence-electron chi connectivity index (χ2n) is 4.49. The molecule has 2 fully saturated rings. The molecule has 3 unspecified atom stereocenters. The Morgan fingerprint density at radius 2 is 2.14 bits per heavy atom. The highest BCUT2D eigenvalue weighted by Crippen LogP contribution is 2.45. The molecule has 2 aliphatic rings. The number of carbonyl (C=O) groups excluding carboxylic acids is 1. The zero-order valence-electron chi connectivity index (χ0n) is 8.48. The van der Waals surface area contributed by atoms with Gasteiger partial charge in [-0.3, -0.25) is 4.79 Å². The quantitative estimate of drug-likeness (QED) is 0.468. The Morgan fingerprint density at radius 1 is 1.43 bits per heavy atom. The van der Waals surface area contributed by atoms with Gasteiger partial charge in [0.05, 0.1) is 0 Å². The summed E-state index contributed by atoms with van der Waals surface area (Å²) < 4.78 is 5.14. The van der Waals surface area contributed by atoms with Crippen molar-refractivity contribution in [3.63, 3.8) is 0 Å². The van der Waals surface area contributed by atoms with Crippen molar-refractivity contribution in [2.75, 3.05) is 0 Å². The number of fused-ring (bicyclic) bond motifs is 1. The molecule has 3 atom stereocenters. The number of ether oxygens (including phenoxy) is 1. The number of carbonyl (C=O) groups is 1. The molecule has 0 spiro atoms. The van der Waals surface area contributed by atoms with Gasteiger partial charge in [0.2, 0.25) is 0 Å². The molecule has 1 saturated heterocycles. The summed E-state index contributed by atoms with van der Waals surface area (Å²) in [5.74, 6) is -0.304. The van der Waals surface area contributed by atoms with E-state index < -0.39 is 0 Å². The second kappa shape index (κ2) is 3.18. The monoisotopic (exact) mass is 202 g/mol. The van der Waals surface area contributed by atoms with Crippen LogP contribution >= 0.6 is 0 Å². The van der Waals surface area contributed by atoms with Gasteiger partial charge in [0.1, 0.15) is 12.2 Å². The second-order valence-corrected chi connectivity index (χ2v) is 4.49. The summed E-state index contributed by atoms with van der Waals surface area (Å²) >= 11 is 0. The van der Waals surface area contributed by atoms with E-state index >= 15 is 0 Å². The first kappa shape index (κ1) is 9.89. The molecule has 1 aliphatic heterocycles. The fourth-order valence-corrected chi connectivity index (χ4v) is 2.12. The highest BCUT2D eigenvalue weighted by Gasteiger charge is 2.56. The Labute approximate surface area is 82.1 Å². The highest BCUT2D eigenvalue weighted by molar-refractivity contribution is 5.66. The van der Waals surface area contributed by atoms with Crippen LogP contribution in [0.1, 0.15) is 27.2 Å². The van der Waals surface area contributed by atoms with Crippen molar-refractivity contribution in [1.29, 1.82) is 0 Å². The largest absolute Gasteiger partial charge is 0.460 e. The first-order valence-corrected chi connectivity index (χ1v) is 4.67. The van der Waals surface area contributed by atoms with Gasteiger partial charge in [-0.25, -0.2) is 0 Å². The molecule has 0 aromatic carbocycles. The maximum atomic E-state index is 10.8. The van der Waals surface area contributed by atoms with Crippen LogP contribution in [0.2, 0.25) is 0 Å². The Bertz CT molecular complexity index is 250. The third-order valence-corrected chi connectivity index (χ3v) is 2.77. The molecule has 1 heterocycles. The Morgan fingerprint density at radius 3 is 2.79 bits per heavy atom. The lowest BCUT2D eigenvalue weighted by molar-refractivity contribution is -0.474. The van der Waals surface area contributed by atoms with E-state index in [1.54, 1.807) is 0 Å². The van der Waals surface area contributed by atoms with E-state index in [-0.39, 0.29) is 29.7 Å². The van der Waals surface area contributed by atoms with Crippen LogP contribution in [0, 0.1) is 5.41 Å². The minimum Gasteiger partial charge on any atom is -0.460 e. The topological polar surface area (TPSA) is 54.0 Å². The third-order valence-electron chi connectivity index (χ3n) is 2.77. The average molecular weight is 202 g/mol. The summed E-state index contributed by atoms with van der Waals surface area (Å²) in [6.45, 7) is 5.45. The fourth-order valence-electron chi connectivity index (χ4n) is 2.12. The molecule has 0 N–H and O–H groups in total. The molecular formula is C9H14O5. The molecule has 0 aromatic heterocycles. The first-order chi connectivity index (χ1) is 6.50. The van der Waals surface area contributed by atoms with Gasteiger partial charge in [-0.05, 0) is 6.42 Å². The standard InChI is InChI=1S/C9H14O5/c1-5(10)11-6-4-9(2,3)8-7(6)12-14-13-8/h6-8H,4H2,1-3H3. The SMILES string of the molecule is CC(=O)OC1CC(C)(C)C2OOOC12. The molecule has 0 bridgehead atoms. The number of hydrogen-bond acceptors (Lipinski definition) is 5. The van der Waals surface area contributed by atoms with Gasteiger partial charge in [-0.1, -0.05) is 18.9 Å². The number of esters is 1. The van der Waals surface area contributed by atoms with Crippen LogP contribution in [0.4, 0.5) is 0 Å². The van der Waals surface area contributed by atoms with Crippen LogP contribution in [0.5, 0.6) is 0 Å². The van der Waals surface area contributed by atoms with E-state index in [9.17, 15) is 4.79 Å². The van der Waals surface area contributed by atoms with Gasteiger partial charge in [-0.2, -0.15) is 9.78 Å². The molecule has 5 nitrogen and oxygen atoms in total. The van der Waals surface area contributed by atoms with Crippen LogP contribution < -0.4 is 0 Å². The summed E-state index contributed by atoms with van der Waals surface area (Å²) in [5.41, 5.74) is -0.0959. The van der Waals surface area contributed by atoms with Crippen LogP contribution in [0.3, 0.4) is 0 Å². The number of hydrogen-bond donors (Lipinski definition) is 0. The van der Waals surface area contributed by atoms with Crippen molar-refractivity contribution in [2.24, 2.45) is 5.41 Å². The van der Waals surface area contributed by atoms with Gasteiger partial charge in [0, 0.05) is 12.3 Å². The first-order valence-electron chi connectivity index (χ1n) is 4.67. The van der Waals surface area contributed by atoms with Crippen LogP contribution in [0.15, 0.2) is 0 Å². The van der Waals surface area contributed by atoms with Gasteiger partial charge < -0.3 is 4.74 Å². The van der Waals surface area contributed by atoms with Crippen molar-refractivity contribution >= 4 is 5.97 Å². The molecule has 1 aliphatic carbocycles. The Kier molecular flexibility index (Phi) is 2.25. The third kappa shape index (κ3) is 1.51. The molecule has 80 valence electrons. The highest BCUT2D eigenvalue weighted by atomic mass is 17.5. The van der Waals surface area contributed by atoms with Gasteiger partial charge in [0.25, 0.3) is 0 Å². The lowest BCUT2D eigenvalue weighted by atomic mass is 9.89. The zero-order chi connectivity index (χ0) is 10.3. The minimum absolute atomic E-state index is 0.0959. The normalized spacial score (nSPS) is 39.5. The van der Waals surface area contributed by atoms with Crippen molar-refractivity contribution in [3.8, 4) is 0 Å². The predicted molar refractivity (Wildman–Crippen MR) is 44.8 cm³/mol. The molecule has 14 heavy (non-hydrogen) atoms. The lowest BCUT2D eigenvalue weighted by Gasteiger charge is -2.20. The van der Waals surface area contributed by atoms with E-state index in [0.717, 1.165) is 6.42 Å². The molecule has 2 rings (SSSR count). The van der Waals surface area contributed by atoms with E-state index in [1.165, 1.54) is 6.92 Å². The van der Waals surface area contributed by atoms with Crippen molar-refractivity contribution in [1.82, 2.24) is 0 Å². The van der Waals surface area contributed by atoms with Crippen molar-refractivity contribution < 1.29 is 24.3 Å². The summed E-state index contributed by atoms with van der Waals surface area (Å²) in [7, 11) is 0. The van der Waals surface area contributed by atoms with Crippen molar-refractivity contribution in [2.45, 2.75) is 45.5 Å². The molecule has 0 radical (unpaired) electrons. The zero-order valence-corrected chi connectivity index (χ0v) is 8.48. The smallest absolute Gasteiger partial charge is 0.302 e. The summed E-state index contributed by atoms with van der Waals surface area (Å²) in [5, 5.41) is 4.47. The summed E-state index contributed by atoms with van der Waals surface area (Å²) in [6, 6.07) is 0. The number of rotatable bonds is 1. The Hall–Kier alpha value is -0.650. The molecule has 0 amide bonds. The maximum absolute atomic E-state index is 10.8. The fraction of sp³-hybridized carbons (Fsp3) is 0.889. The van der Waals surface area contributed by atoms with Gasteiger partial charge >= 0.3 is 5.97 Å². The van der Waals surface area contributed by atoms with E-state index in [2.05, 4.69) is 5.04 Å². The van der Waals surface area contributed by atoms with Crippen LogP contribution in [-0.4, -0.2) is 24.3 Å². The maximum Gasteiger partial charge on any atom is 0.302 e. The Balaban J connectivity index is 2.10. The van der Waals surface area contributed by atoms with Gasteiger partial charge in [-0.15, -0.1) is 0 Å². The van der Waals surface area contributed by atoms with E-state index in [4.69, 9.17) is 14.5 Å². The summed E-state index contributed by atoms with van der Waals surface area (Å²) in [6.07, 6.45) is 0.00130. The van der Waals surface area contributed by atoms with Crippen LogP contribution in [-0.2, 0) is 24.3 Å². The van der Waals surface area contributed by atoms with Crippen molar-refractivity contribution in [3.05, 3.63) is 0 Å². The molecule has 0 aromatic rings. The molecule has 5 heteroatoms. The van der Waals surface area contributed by atoms with Crippen LogP contribution in [0.25, 0.3) is 0 Å². The summed E-state index contributed by atoms with van der Waals surface area (Å²) in [4.78, 5) is 20.8. The van der Waals surface area contributed by atoms with E-state index in [1.807, 2.05) is 13.8 Å². The molecule has 1 saturated carbocycles. The predicted octanol–water partition coefficient (Wildman–Crippen LogP) is 0.979.